The van der Waals surface area contributed by atoms with E-state index in [1.807, 2.05) is 20.7 Å². The van der Waals surface area contributed by atoms with Crippen molar-refractivity contribution in [2.75, 3.05) is 6.61 Å². The van der Waals surface area contributed by atoms with Crippen molar-refractivity contribution in [3.05, 3.63) is 12.2 Å². The second-order valence-electron chi connectivity index (χ2n) is 7.90. The first-order valence-electron chi connectivity index (χ1n) is 11.1. The zero-order chi connectivity index (χ0) is 19.0. The van der Waals surface area contributed by atoms with Crippen LogP contribution in [-0.4, -0.2) is 31.6 Å². The maximum atomic E-state index is 5.89. The van der Waals surface area contributed by atoms with E-state index in [4.69, 9.17) is 9.31 Å². The Morgan fingerprint density at radius 3 is 2.12 bits per heavy atom. The first kappa shape index (κ1) is 23.4. The van der Waals surface area contributed by atoms with Crippen LogP contribution in [0.4, 0.5) is 0 Å². The Balaban J connectivity index is 2.04. The molecule has 1 rings (SSSR count). The summed E-state index contributed by atoms with van der Waals surface area (Å²) in [5.41, 5.74) is 1.08. The fourth-order valence-electron chi connectivity index (χ4n) is 3.45. The number of rotatable bonds is 14. The highest BCUT2D eigenvalue weighted by atomic mass is 16.6. The van der Waals surface area contributed by atoms with Crippen molar-refractivity contribution in [1.82, 2.24) is 0 Å². The number of unbranched alkanes of at least 4 members (excludes halogenated alkanes) is 11. The normalized spacial score (nSPS) is 20.7. The first-order chi connectivity index (χ1) is 12.6. The van der Waals surface area contributed by atoms with Gasteiger partial charge < -0.3 is 9.31 Å². The summed E-state index contributed by atoms with van der Waals surface area (Å²) in [7, 11) is -0.129. The van der Waals surface area contributed by atoms with E-state index in [0.717, 1.165) is 12.1 Å². The highest BCUT2D eigenvalue weighted by Crippen LogP contribution is 2.17. The first-order valence-corrected chi connectivity index (χ1v) is 11.1. The average Bonchev–Trinajstić information content (AvgIpc) is 2.61. The van der Waals surface area contributed by atoms with E-state index in [0.29, 0.717) is 6.61 Å². The molecule has 1 fully saturated rings. The van der Waals surface area contributed by atoms with Crippen molar-refractivity contribution in [1.29, 1.82) is 0 Å². The van der Waals surface area contributed by atoms with Gasteiger partial charge in [-0.05, 0) is 33.5 Å². The summed E-state index contributed by atoms with van der Waals surface area (Å²) in [6.45, 7) is 8.96. The third kappa shape index (κ3) is 11.9. The van der Waals surface area contributed by atoms with E-state index < -0.39 is 0 Å². The molecule has 0 amide bonds. The van der Waals surface area contributed by atoms with Crippen molar-refractivity contribution in [2.45, 2.75) is 117 Å². The molecule has 0 bridgehead atoms. The van der Waals surface area contributed by atoms with Crippen molar-refractivity contribution in [2.24, 2.45) is 4.99 Å². The molecule has 1 heterocycles. The Morgan fingerprint density at radius 2 is 1.54 bits per heavy atom. The molecule has 0 aliphatic carbocycles. The lowest BCUT2D eigenvalue weighted by Gasteiger charge is -2.30. The van der Waals surface area contributed by atoms with Crippen LogP contribution in [0.3, 0.4) is 0 Å². The smallest absolute Gasteiger partial charge is 0.409 e. The van der Waals surface area contributed by atoms with Crippen molar-refractivity contribution in [3.63, 3.8) is 0 Å². The Hall–Kier alpha value is -0.605. The molecule has 0 N–H and O–H groups in total. The summed E-state index contributed by atoms with van der Waals surface area (Å²) in [6.07, 6.45) is 21.0. The number of nitrogens with zero attached hydrogens (tertiary/aromatic N) is 1. The maximum Gasteiger partial charge on any atom is 0.454 e. The second kappa shape index (κ2) is 15.5. The number of hydrogen-bond donors (Lipinski definition) is 0. The van der Waals surface area contributed by atoms with Crippen molar-refractivity contribution >= 4 is 12.8 Å². The maximum absolute atomic E-state index is 5.89. The number of allylic oxidation sites excluding steroid dienone is 1. The van der Waals surface area contributed by atoms with Crippen LogP contribution < -0.4 is 0 Å². The fraction of sp³-hybridized carbons (Fsp3) is 0.864. The molecular weight excluding hydrogens is 321 g/mol. The van der Waals surface area contributed by atoms with E-state index in [2.05, 4.69) is 24.1 Å². The molecule has 1 aliphatic heterocycles. The van der Waals surface area contributed by atoms with Gasteiger partial charge in [-0.15, -0.1) is 0 Å². The van der Waals surface area contributed by atoms with Crippen LogP contribution in [0.1, 0.15) is 97.8 Å². The Morgan fingerprint density at radius 1 is 0.962 bits per heavy atom. The fourth-order valence-corrected chi connectivity index (χ4v) is 3.45. The van der Waals surface area contributed by atoms with Crippen molar-refractivity contribution < 1.29 is 9.31 Å². The minimum atomic E-state index is -0.129. The Bertz CT molecular complexity index is 394. The largest absolute Gasteiger partial charge is 0.454 e. The van der Waals surface area contributed by atoms with Crippen LogP contribution in [0.15, 0.2) is 17.1 Å². The predicted molar refractivity (Wildman–Crippen MR) is 115 cm³/mol. The third-order valence-corrected chi connectivity index (χ3v) is 4.95. The molecule has 0 aromatic rings. The summed E-state index contributed by atoms with van der Waals surface area (Å²) < 4.78 is 11.5. The highest BCUT2D eigenvalue weighted by Gasteiger charge is 2.30. The minimum Gasteiger partial charge on any atom is -0.409 e. The van der Waals surface area contributed by atoms with Gasteiger partial charge in [-0.3, -0.25) is 4.99 Å². The Kier molecular flexibility index (Phi) is 13.9. The van der Waals surface area contributed by atoms with Crippen LogP contribution >= 0.6 is 0 Å². The summed E-state index contributed by atoms with van der Waals surface area (Å²) in [4.78, 5) is 4.65. The SMILES string of the molecule is CCCCCCCCCCCCC/C=C/C1OB(C)OCC1N=C(C)C. The molecule has 0 spiro atoms. The van der Waals surface area contributed by atoms with Crippen LogP contribution in [0.2, 0.25) is 6.82 Å². The van der Waals surface area contributed by atoms with Gasteiger partial charge >= 0.3 is 7.12 Å². The zero-order valence-corrected chi connectivity index (χ0v) is 17.8. The summed E-state index contributed by atoms with van der Waals surface area (Å²) in [5.74, 6) is 0. The van der Waals surface area contributed by atoms with Crippen LogP contribution in [-0.2, 0) is 9.31 Å². The lowest BCUT2D eigenvalue weighted by Crippen LogP contribution is -2.43. The van der Waals surface area contributed by atoms with Gasteiger partial charge in [0, 0.05) is 5.71 Å². The predicted octanol–water partition coefficient (Wildman–Crippen LogP) is 6.63. The van der Waals surface area contributed by atoms with E-state index in [1.165, 1.54) is 70.6 Å². The topological polar surface area (TPSA) is 30.8 Å². The molecule has 1 saturated heterocycles. The molecule has 0 radical (unpaired) electrons. The molecule has 0 aromatic heterocycles. The molecule has 2 atom stereocenters. The van der Waals surface area contributed by atoms with Crippen molar-refractivity contribution in [3.8, 4) is 0 Å². The van der Waals surface area contributed by atoms with Gasteiger partial charge in [-0.25, -0.2) is 0 Å². The van der Waals surface area contributed by atoms with Gasteiger partial charge in [0.25, 0.3) is 0 Å². The van der Waals surface area contributed by atoms with E-state index in [1.54, 1.807) is 0 Å². The highest BCUT2D eigenvalue weighted by molar-refractivity contribution is 6.42. The standard InChI is InChI=1S/C22H42BNO2/c1-5-6-7-8-9-10-11-12-13-14-15-16-17-18-22-21(24-20(2)3)19-25-23(4)26-22/h17-18,21-22H,5-16,19H2,1-4H3/b18-17+. The zero-order valence-electron chi connectivity index (χ0n) is 17.8. The van der Waals surface area contributed by atoms with E-state index >= 15 is 0 Å². The number of aliphatic imine (C=N–C) groups is 1. The van der Waals surface area contributed by atoms with Gasteiger partial charge in [-0.2, -0.15) is 0 Å². The second-order valence-corrected chi connectivity index (χ2v) is 7.90. The quantitative estimate of drug-likeness (QED) is 0.150. The molecular formula is C22H42BNO2. The number of hydrogen-bond acceptors (Lipinski definition) is 3. The summed E-state index contributed by atoms with van der Waals surface area (Å²) in [6, 6.07) is 0.102. The van der Waals surface area contributed by atoms with Crippen LogP contribution in [0.25, 0.3) is 0 Å². The molecule has 3 nitrogen and oxygen atoms in total. The summed E-state index contributed by atoms with van der Waals surface area (Å²) >= 11 is 0. The molecule has 0 saturated carbocycles. The van der Waals surface area contributed by atoms with Gasteiger partial charge in [0.1, 0.15) is 0 Å². The Labute approximate surface area is 163 Å². The van der Waals surface area contributed by atoms with Gasteiger partial charge in [0.15, 0.2) is 0 Å². The summed E-state index contributed by atoms with van der Waals surface area (Å²) in [5, 5.41) is 0. The molecule has 1 aliphatic rings. The van der Waals surface area contributed by atoms with Crippen LogP contribution in [0, 0.1) is 0 Å². The van der Waals surface area contributed by atoms with Gasteiger partial charge in [0.2, 0.25) is 0 Å². The van der Waals surface area contributed by atoms with Gasteiger partial charge in [0.05, 0.1) is 18.8 Å². The molecule has 2 unspecified atom stereocenters. The lowest BCUT2D eigenvalue weighted by molar-refractivity contribution is 0.0783. The molecule has 0 aromatic carbocycles. The van der Waals surface area contributed by atoms with Crippen LogP contribution in [0.5, 0.6) is 0 Å². The minimum absolute atomic E-state index is 0.0568. The van der Waals surface area contributed by atoms with E-state index in [-0.39, 0.29) is 19.3 Å². The molecule has 150 valence electrons. The lowest BCUT2D eigenvalue weighted by atomic mass is 9.91. The monoisotopic (exact) mass is 363 g/mol. The van der Waals surface area contributed by atoms with E-state index in [9.17, 15) is 0 Å². The molecule has 26 heavy (non-hydrogen) atoms. The third-order valence-electron chi connectivity index (χ3n) is 4.95. The average molecular weight is 363 g/mol. The molecule has 4 heteroatoms. The van der Waals surface area contributed by atoms with Gasteiger partial charge in [-0.1, -0.05) is 83.3 Å².